The summed E-state index contributed by atoms with van der Waals surface area (Å²) in [5.41, 5.74) is 6.37. The molecule has 122 valence electrons. The maximum absolute atomic E-state index is 13.6. The van der Waals surface area contributed by atoms with Gasteiger partial charge in [0.1, 0.15) is 5.82 Å². The van der Waals surface area contributed by atoms with Crippen LogP contribution in [0.5, 0.6) is 0 Å². The Morgan fingerprint density at radius 2 is 2.05 bits per heavy atom. The van der Waals surface area contributed by atoms with E-state index in [-0.39, 0.29) is 16.8 Å². The van der Waals surface area contributed by atoms with E-state index < -0.39 is 17.9 Å². The van der Waals surface area contributed by atoms with Crippen LogP contribution in [0, 0.1) is 11.7 Å². The molecule has 0 bridgehead atoms. The molecule has 4 nitrogen and oxygen atoms in total. The van der Waals surface area contributed by atoms with Crippen molar-refractivity contribution in [2.24, 2.45) is 11.7 Å². The lowest BCUT2D eigenvalue weighted by Crippen LogP contribution is -2.47. The van der Waals surface area contributed by atoms with Crippen LogP contribution in [0.2, 0.25) is 10.0 Å². The van der Waals surface area contributed by atoms with E-state index >= 15 is 0 Å². The SMILES string of the molecule is C[C@@H](NC(=O)[C@@H](N)C1CCOCC1)c1c(Cl)ccc(F)c1Cl. The number of ether oxygens (including phenoxy) is 1. The van der Waals surface area contributed by atoms with Gasteiger partial charge < -0.3 is 15.8 Å². The van der Waals surface area contributed by atoms with Gasteiger partial charge in [-0.05, 0) is 37.8 Å². The van der Waals surface area contributed by atoms with Crippen molar-refractivity contribution in [1.82, 2.24) is 5.32 Å². The number of carbonyl (C=O) groups excluding carboxylic acids is 1. The van der Waals surface area contributed by atoms with Crippen molar-refractivity contribution in [3.63, 3.8) is 0 Å². The molecule has 0 spiro atoms. The molecule has 2 atom stereocenters. The van der Waals surface area contributed by atoms with Crippen molar-refractivity contribution in [3.05, 3.63) is 33.6 Å². The predicted molar refractivity (Wildman–Crippen MR) is 84.5 cm³/mol. The Kier molecular flexibility index (Phi) is 6.03. The normalized spacial score (nSPS) is 18.8. The Bertz CT molecular complexity index is 551. The van der Waals surface area contributed by atoms with Gasteiger partial charge in [0, 0.05) is 23.8 Å². The molecule has 1 heterocycles. The minimum Gasteiger partial charge on any atom is -0.381 e. The van der Waals surface area contributed by atoms with Crippen LogP contribution in [-0.2, 0) is 9.53 Å². The number of carbonyl (C=O) groups is 1. The summed E-state index contributed by atoms with van der Waals surface area (Å²) >= 11 is 12.0. The summed E-state index contributed by atoms with van der Waals surface area (Å²) in [6.07, 6.45) is 1.51. The zero-order valence-corrected chi connectivity index (χ0v) is 13.8. The topological polar surface area (TPSA) is 64.4 Å². The summed E-state index contributed by atoms with van der Waals surface area (Å²) < 4.78 is 18.8. The van der Waals surface area contributed by atoms with E-state index in [9.17, 15) is 9.18 Å². The maximum atomic E-state index is 13.6. The van der Waals surface area contributed by atoms with Gasteiger partial charge in [0.25, 0.3) is 0 Å². The molecular weight excluding hydrogens is 330 g/mol. The summed E-state index contributed by atoms with van der Waals surface area (Å²) in [5.74, 6) is -0.786. The monoisotopic (exact) mass is 348 g/mol. The molecule has 0 aromatic heterocycles. The Morgan fingerprint density at radius 3 is 2.68 bits per heavy atom. The van der Waals surface area contributed by atoms with Crippen molar-refractivity contribution in [2.45, 2.75) is 31.8 Å². The van der Waals surface area contributed by atoms with Crippen LogP contribution in [0.15, 0.2) is 12.1 Å². The van der Waals surface area contributed by atoms with E-state index in [1.807, 2.05) is 0 Å². The molecule has 0 aliphatic carbocycles. The van der Waals surface area contributed by atoms with E-state index in [0.717, 1.165) is 12.8 Å². The molecule has 2 rings (SSSR count). The molecule has 0 radical (unpaired) electrons. The second-order valence-corrected chi connectivity index (χ2v) is 6.25. The molecule has 1 aliphatic heterocycles. The van der Waals surface area contributed by atoms with E-state index in [4.69, 9.17) is 33.7 Å². The highest BCUT2D eigenvalue weighted by atomic mass is 35.5. The number of hydrogen-bond donors (Lipinski definition) is 2. The molecule has 1 amide bonds. The Balaban J connectivity index is 2.06. The van der Waals surface area contributed by atoms with Crippen LogP contribution in [0.1, 0.15) is 31.4 Å². The van der Waals surface area contributed by atoms with Crippen LogP contribution in [0.4, 0.5) is 4.39 Å². The van der Waals surface area contributed by atoms with Crippen LogP contribution < -0.4 is 11.1 Å². The maximum Gasteiger partial charge on any atom is 0.237 e. The fourth-order valence-corrected chi connectivity index (χ4v) is 3.31. The first-order valence-electron chi connectivity index (χ1n) is 7.19. The molecule has 7 heteroatoms. The average Bonchev–Trinajstić information content (AvgIpc) is 2.51. The summed E-state index contributed by atoms with van der Waals surface area (Å²) in [6.45, 7) is 2.92. The van der Waals surface area contributed by atoms with Crippen LogP contribution in [0.25, 0.3) is 0 Å². The van der Waals surface area contributed by atoms with Gasteiger partial charge in [-0.2, -0.15) is 0 Å². The summed E-state index contributed by atoms with van der Waals surface area (Å²) in [4.78, 5) is 12.3. The van der Waals surface area contributed by atoms with Gasteiger partial charge in [-0.1, -0.05) is 23.2 Å². The van der Waals surface area contributed by atoms with Gasteiger partial charge in [0.15, 0.2) is 0 Å². The first kappa shape index (κ1) is 17.5. The predicted octanol–water partition coefficient (Wildman–Crippen LogP) is 3.06. The van der Waals surface area contributed by atoms with E-state index in [1.165, 1.54) is 12.1 Å². The van der Waals surface area contributed by atoms with Gasteiger partial charge in [0.2, 0.25) is 5.91 Å². The number of nitrogens with one attached hydrogen (secondary N) is 1. The van der Waals surface area contributed by atoms with Gasteiger partial charge in [-0.3, -0.25) is 4.79 Å². The Hall–Kier alpha value is -0.880. The third kappa shape index (κ3) is 3.90. The first-order valence-corrected chi connectivity index (χ1v) is 7.94. The molecule has 3 N–H and O–H groups in total. The number of rotatable bonds is 4. The van der Waals surface area contributed by atoms with E-state index in [0.29, 0.717) is 23.8 Å². The molecule has 1 aromatic carbocycles. The van der Waals surface area contributed by atoms with Crippen molar-refractivity contribution in [1.29, 1.82) is 0 Å². The molecule has 22 heavy (non-hydrogen) atoms. The first-order chi connectivity index (χ1) is 10.4. The third-order valence-corrected chi connectivity index (χ3v) is 4.66. The average molecular weight is 349 g/mol. The lowest BCUT2D eigenvalue weighted by atomic mass is 9.91. The van der Waals surface area contributed by atoms with Crippen LogP contribution in [-0.4, -0.2) is 25.2 Å². The zero-order chi connectivity index (χ0) is 16.3. The molecule has 1 fully saturated rings. The quantitative estimate of drug-likeness (QED) is 0.822. The van der Waals surface area contributed by atoms with E-state index in [2.05, 4.69) is 5.32 Å². The van der Waals surface area contributed by atoms with Crippen molar-refractivity contribution >= 4 is 29.1 Å². The fraction of sp³-hybridized carbons (Fsp3) is 0.533. The number of halogens is 3. The zero-order valence-electron chi connectivity index (χ0n) is 12.2. The number of nitrogens with two attached hydrogens (primary N) is 1. The van der Waals surface area contributed by atoms with Crippen molar-refractivity contribution < 1.29 is 13.9 Å². The summed E-state index contributed by atoms with van der Waals surface area (Å²) in [6, 6.07) is 1.45. The summed E-state index contributed by atoms with van der Waals surface area (Å²) in [5, 5.41) is 2.98. The van der Waals surface area contributed by atoms with Crippen LogP contribution in [0.3, 0.4) is 0 Å². The molecule has 0 saturated carbocycles. The van der Waals surface area contributed by atoms with Crippen molar-refractivity contribution in [3.8, 4) is 0 Å². The highest BCUT2D eigenvalue weighted by Gasteiger charge is 2.28. The molecular formula is C15H19Cl2FN2O2. The Labute approximate surface area is 139 Å². The van der Waals surface area contributed by atoms with Gasteiger partial charge in [0.05, 0.1) is 17.1 Å². The summed E-state index contributed by atoms with van der Waals surface area (Å²) in [7, 11) is 0. The Morgan fingerprint density at radius 1 is 1.41 bits per heavy atom. The number of benzene rings is 1. The second kappa shape index (κ2) is 7.59. The smallest absolute Gasteiger partial charge is 0.237 e. The highest BCUT2D eigenvalue weighted by molar-refractivity contribution is 6.36. The molecule has 1 aliphatic rings. The van der Waals surface area contributed by atoms with E-state index in [1.54, 1.807) is 6.92 Å². The van der Waals surface area contributed by atoms with Gasteiger partial charge in [-0.25, -0.2) is 4.39 Å². The standard InChI is InChI=1S/C15H19Cl2FN2O2/c1-8(12-10(16)2-3-11(18)13(12)17)20-15(21)14(19)9-4-6-22-7-5-9/h2-3,8-9,14H,4-7,19H2,1H3,(H,20,21)/t8-,14+/m1/s1. The van der Waals surface area contributed by atoms with Gasteiger partial charge >= 0.3 is 0 Å². The van der Waals surface area contributed by atoms with Crippen LogP contribution >= 0.6 is 23.2 Å². The van der Waals surface area contributed by atoms with Gasteiger partial charge in [-0.15, -0.1) is 0 Å². The molecule has 0 unspecified atom stereocenters. The second-order valence-electron chi connectivity index (χ2n) is 5.46. The lowest BCUT2D eigenvalue weighted by Gasteiger charge is -2.28. The molecule has 1 aromatic rings. The lowest BCUT2D eigenvalue weighted by molar-refractivity contribution is -0.125. The fourth-order valence-electron chi connectivity index (χ4n) is 2.61. The third-order valence-electron chi connectivity index (χ3n) is 3.95. The number of hydrogen-bond acceptors (Lipinski definition) is 3. The minimum absolute atomic E-state index is 0.0828. The van der Waals surface area contributed by atoms with Crippen molar-refractivity contribution in [2.75, 3.05) is 13.2 Å². The minimum atomic E-state index is -0.627. The number of amides is 1. The molecule has 1 saturated heterocycles. The largest absolute Gasteiger partial charge is 0.381 e. The highest BCUT2D eigenvalue weighted by Crippen LogP contribution is 2.32.